The highest BCUT2D eigenvalue weighted by Gasteiger charge is 2.42. The third kappa shape index (κ3) is 6.27. The molecule has 1 amide bonds. The minimum atomic E-state index is -0.455. The van der Waals surface area contributed by atoms with Crippen molar-refractivity contribution in [2.45, 2.75) is 89.2 Å². The monoisotopic (exact) mass is 569 g/mol. The van der Waals surface area contributed by atoms with Crippen LogP contribution in [0.2, 0.25) is 0 Å². The van der Waals surface area contributed by atoms with Crippen LogP contribution in [-0.4, -0.2) is 38.0 Å². The molecule has 1 aliphatic carbocycles. The second kappa shape index (κ2) is 12.3. The number of carbonyl (C=O) groups excluding carboxylic acids is 2. The molecule has 0 radical (unpaired) electrons. The molecule has 42 heavy (non-hydrogen) atoms. The number of ketones is 1. The molecule has 1 aliphatic heterocycles. The fraction of sp³-hybridized carbons (Fsp3) is 0.438. The Hall–Kier alpha value is -4.34. The fourth-order valence-electron chi connectivity index (χ4n) is 5.85. The minimum Gasteiger partial charge on any atom is -0.442 e. The quantitative estimate of drug-likeness (QED) is 0.157. The topological polar surface area (TPSA) is 133 Å². The van der Waals surface area contributed by atoms with E-state index in [9.17, 15) is 9.59 Å². The molecule has 0 saturated heterocycles. The molecule has 0 bridgehead atoms. The Labute approximate surface area is 244 Å². The van der Waals surface area contributed by atoms with Gasteiger partial charge in [0.1, 0.15) is 23.6 Å². The number of nitrogens with one attached hydrogen (secondary N) is 1. The number of rotatable bonds is 11. The zero-order valence-electron chi connectivity index (χ0n) is 23.8. The van der Waals surface area contributed by atoms with E-state index < -0.39 is 6.04 Å². The predicted octanol–water partition coefficient (Wildman–Crippen LogP) is 6.66. The first kappa shape index (κ1) is 27.8. The lowest BCUT2D eigenvalue weighted by molar-refractivity contribution is -0.115. The molecule has 4 aromatic rings. The average molecular weight is 570 g/mol. The van der Waals surface area contributed by atoms with Crippen molar-refractivity contribution in [1.29, 1.82) is 0 Å². The second-order valence-electron chi connectivity index (χ2n) is 11.4. The molecule has 1 spiro atoms. The van der Waals surface area contributed by atoms with Gasteiger partial charge in [0.15, 0.2) is 5.76 Å². The van der Waals surface area contributed by atoms with Crippen LogP contribution in [0, 0.1) is 6.92 Å². The third-order valence-electron chi connectivity index (χ3n) is 8.17. The van der Waals surface area contributed by atoms with Crippen LogP contribution in [0.3, 0.4) is 0 Å². The maximum absolute atomic E-state index is 13.4. The van der Waals surface area contributed by atoms with Crippen molar-refractivity contribution in [1.82, 2.24) is 20.3 Å². The molecular weight excluding hydrogens is 534 g/mol. The van der Waals surface area contributed by atoms with E-state index >= 15 is 0 Å². The first-order valence-corrected chi connectivity index (χ1v) is 14.8. The molecule has 2 aliphatic rings. The van der Waals surface area contributed by atoms with Gasteiger partial charge in [-0.05, 0) is 69.7 Å². The standard InChI is InChI=1S/C32H35N5O5/c1-21-10-11-22-18-23(12-13-24(22)35-21)28-20-34-30(41-28)25(8-4-2-5-9-27(38)31-33-16-17-40-31)36-29(39)26-19-32(42-37-26)14-6-3-7-15-32/h10-13,16-18,20,25H,2-9,14-15,19H2,1H3,(H,36,39)/t25-/m0/s1. The number of hydrogen-bond donors (Lipinski definition) is 1. The maximum Gasteiger partial charge on any atom is 0.269 e. The van der Waals surface area contributed by atoms with Gasteiger partial charge in [-0.1, -0.05) is 30.5 Å². The van der Waals surface area contributed by atoms with Crippen molar-refractivity contribution < 1.29 is 23.3 Å². The number of oxime groups is 1. The van der Waals surface area contributed by atoms with Crippen LogP contribution in [0.4, 0.5) is 0 Å². The van der Waals surface area contributed by atoms with E-state index in [4.69, 9.17) is 13.7 Å². The Kier molecular flexibility index (Phi) is 8.12. The van der Waals surface area contributed by atoms with E-state index in [1.165, 1.54) is 18.9 Å². The largest absolute Gasteiger partial charge is 0.442 e. The van der Waals surface area contributed by atoms with Gasteiger partial charge in [-0.3, -0.25) is 14.6 Å². The minimum absolute atomic E-state index is 0.112. The summed E-state index contributed by atoms with van der Waals surface area (Å²) in [4.78, 5) is 44.4. The van der Waals surface area contributed by atoms with E-state index in [1.807, 2.05) is 37.3 Å². The lowest BCUT2D eigenvalue weighted by atomic mass is 9.81. The number of oxazole rings is 2. The number of Topliss-reactive ketones (excluding diaryl/α,β-unsaturated/α-hetero) is 1. The zero-order valence-corrected chi connectivity index (χ0v) is 23.8. The highest BCUT2D eigenvalue weighted by Crippen LogP contribution is 2.38. The summed E-state index contributed by atoms with van der Waals surface area (Å²) in [5.41, 5.74) is 2.84. The third-order valence-corrected chi connectivity index (χ3v) is 8.17. The number of aromatic nitrogens is 3. The molecule has 1 fully saturated rings. The zero-order chi connectivity index (χ0) is 28.9. The molecule has 6 rings (SSSR count). The number of aryl methyl sites for hydroxylation is 1. The van der Waals surface area contributed by atoms with Crippen LogP contribution < -0.4 is 5.32 Å². The maximum atomic E-state index is 13.4. The van der Waals surface area contributed by atoms with E-state index in [2.05, 4.69) is 25.4 Å². The van der Waals surface area contributed by atoms with Crippen molar-refractivity contribution in [2.24, 2.45) is 5.16 Å². The van der Waals surface area contributed by atoms with Crippen molar-refractivity contribution in [3.8, 4) is 11.3 Å². The summed E-state index contributed by atoms with van der Waals surface area (Å²) < 4.78 is 11.3. The van der Waals surface area contributed by atoms with Crippen molar-refractivity contribution in [2.75, 3.05) is 0 Å². The first-order valence-electron chi connectivity index (χ1n) is 14.8. The molecule has 1 saturated carbocycles. The SMILES string of the molecule is Cc1ccc2cc(-c3cnc([C@H](CCCCCC(=O)c4ncco4)NC(=O)C4=NOC5(CCCCC5)C4)o3)ccc2n1. The Balaban J connectivity index is 1.14. The number of hydrogen-bond acceptors (Lipinski definition) is 9. The Morgan fingerprint density at radius 1 is 1.05 bits per heavy atom. The molecule has 4 heterocycles. The van der Waals surface area contributed by atoms with Gasteiger partial charge in [-0.15, -0.1) is 0 Å². The summed E-state index contributed by atoms with van der Waals surface area (Å²) in [6.07, 6.45) is 13.5. The number of unbranched alkanes of at least 4 members (excludes halogenated alkanes) is 2. The van der Waals surface area contributed by atoms with E-state index in [0.717, 1.165) is 60.7 Å². The molecule has 3 aromatic heterocycles. The van der Waals surface area contributed by atoms with Gasteiger partial charge in [0.2, 0.25) is 11.7 Å². The second-order valence-corrected chi connectivity index (χ2v) is 11.4. The van der Waals surface area contributed by atoms with Gasteiger partial charge < -0.3 is 19.0 Å². The molecule has 10 nitrogen and oxygen atoms in total. The summed E-state index contributed by atoms with van der Waals surface area (Å²) in [7, 11) is 0. The lowest BCUT2D eigenvalue weighted by Gasteiger charge is -2.30. The van der Waals surface area contributed by atoms with Crippen molar-refractivity contribution in [3.63, 3.8) is 0 Å². The van der Waals surface area contributed by atoms with Crippen LogP contribution >= 0.6 is 0 Å². The summed E-state index contributed by atoms with van der Waals surface area (Å²) in [6.45, 7) is 1.97. The van der Waals surface area contributed by atoms with Gasteiger partial charge in [-0.25, -0.2) is 9.97 Å². The number of benzene rings is 1. The smallest absolute Gasteiger partial charge is 0.269 e. The van der Waals surface area contributed by atoms with Crippen LogP contribution in [-0.2, 0) is 9.63 Å². The molecule has 10 heteroatoms. The number of carbonyl (C=O) groups is 2. The van der Waals surface area contributed by atoms with E-state index in [1.54, 1.807) is 6.20 Å². The number of fused-ring (bicyclic) bond motifs is 1. The summed E-state index contributed by atoms with van der Waals surface area (Å²) >= 11 is 0. The molecule has 218 valence electrons. The summed E-state index contributed by atoms with van der Waals surface area (Å²) in [5.74, 6) is 0.823. The van der Waals surface area contributed by atoms with Crippen molar-refractivity contribution >= 4 is 28.3 Å². The number of amides is 1. The van der Waals surface area contributed by atoms with Gasteiger partial charge >= 0.3 is 0 Å². The summed E-state index contributed by atoms with van der Waals surface area (Å²) in [5, 5.41) is 8.32. The Morgan fingerprint density at radius 3 is 2.76 bits per heavy atom. The van der Waals surface area contributed by atoms with E-state index in [-0.39, 0.29) is 23.2 Å². The summed E-state index contributed by atoms with van der Waals surface area (Å²) in [6, 6.07) is 9.53. The number of nitrogens with zero attached hydrogens (tertiary/aromatic N) is 4. The molecule has 1 N–H and O–H groups in total. The molecule has 1 aromatic carbocycles. The Bertz CT molecular complexity index is 1590. The van der Waals surface area contributed by atoms with Gasteiger partial charge in [0.25, 0.3) is 11.8 Å². The molecular formula is C32H35N5O5. The highest BCUT2D eigenvalue weighted by atomic mass is 16.7. The van der Waals surface area contributed by atoms with Crippen molar-refractivity contribution in [3.05, 3.63) is 66.5 Å². The lowest BCUT2D eigenvalue weighted by Crippen LogP contribution is -2.37. The van der Waals surface area contributed by atoms with E-state index in [0.29, 0.717) is 43.0 Å². The van der Waals surface area contributed by atoms with Gasteiger partial charge in [-0.2, -0.15) is 0 Å². The average Bonchev–Trinajstić information content (AvgIpc) is 3.79. The van der Waals surface area contributed by atoms with Crippen LogP contribution in [0.15, 0.2) is 63.0 Å². The highest BCUT2D eigenvalue weighted by molar-refractivity contribution is 6.39. The fourth-order valence-corrected chi connectivity index (χ4v) is 5.85. The van der Waals surface area contributed by atoms with Crippen LogP contribution in [0.1, 0.15) is 98.9 Å². The normalized spacial score (nSPS) is 16.7. The first-order chi connectivity index (χ1) is 20.5. The molecule has 0 unspecified atom stereocenters. The van der Waals surface area contributed by atoms with Crippen LogP contribution in [0.5, 0.6) is 0 Å². The molecule has 1 atom stereocenters. The predicted molar refractivity (Wildman–Crippen MR) is 156 cm³/mol. The van der Waals surface area contributed by atoms with Crippen LogP contribution in [0.25, 0.3) is 22.2 Å². The van der Waals surface area contributed by atoms with Gasteiger partial charge in [0, 0.05) is 29.5 Å². The van der Waals surface area contributed by atoms with Gasteiger partial charge in [0.05, 0.1) is 17.9 Å². The number of pyridine rings is 1. The Morgan fingerprint density at radius 2 is 1.93 bits per heavy atom.